The van der Waals surface area contributed by atoms with Crippen molar-refractivity contribution in [1.29, 1.82) is 0 Å². The Morgan fingerprint density at radius 2 is 1.76 bits per heavy atom. The van der Waals surface area contributed by atoms with Gasteiger partial charge in [-0.1, -0.05) is 12.1 Å². The Morgan fingerprint density at radius 3 is 2.45 bits per heavy atom. The summed E-state index contributed by atoms with van der Waals surface area (Å²) in [5.41, 5.74) is -0.546. The maximum atomic E-state index is 12.8. The van der Waals surface area contributed by atoms with Crippen LogP contribution < -0.4 is 14.8 Å². The van der Waals surface area contributed by atoms with Gasteiger partial charge in [-0.25, -0.2) is 0 Å². The van der Waals surface area contributed by atoms with Gasteiger partial charge in [0.25, 0.3) is 5.91 Å². The van der Waals surface area contributed by atoms with Crippen LogP contribution in [0.5, 0.6) is 11.5 Å². The molecule has 5 nitrogen and oxygen atoms in total. The first-order chi connectivity index (χ1) is 13.9. The zero-order valence-electron chi connectivity index (χ0n) is 15.5. The summed E-state index contributed by atoms with van der Waals surface area (Å²) in [5.74, 6) is 1.03. The molecule has 1 N–H and O–H groups in total. The number of hydrogen-bond donors (Lipinski definition) is 1. The van der Waals surface area contributed by atoms with Crippen LogP contribution in [0.2, 0.25) is 0 Å². The molecule has 0 saturated heterocycles. The monoisotopic (exact) mass is 405 g/mol. The summed E-state index contributed by atoms with van der Waals surface area (Å²) >= 11 is 0. The lowest BCUT2D eigenvalue weighted by molar-refractivity contribution is -0.137. The van der Waals surface area contributed by atoms with Crippen molar-refractivity contribution in [2.45, 2.75) is 6.18 Å². The summed E-state index contributed by atoms with van der Waals surface area (Å²) < 4.78 is 54.5. The molecule has 0 radical (unpaired) electrons. The second-order valence-electron chi connectivity index (χ2n) is 6.02. The molecule has 0 aliphatic carbocycles. The minimum Gasteiger partial charge on any atom is -0.497 e. The molecule has 8 heteroatoms. The summed E-state index contributed by atoms with van der Waals surface area (Å²) in [4.78, 5) is 12.2. The van der Waals surface area contributed by atoms with E-state index in [0.717, 1.165) is 12.1 Å². The first kappa shape index (κ1) is 20.3. The van der Waals surface area contributed by atoms with E-state index < -0.39 is 17.6 Å². The molecule has 0 aliphatic rings. The molecule has 0 fully saturated rings. The quantitative estimate of drug-likeness (QED) is 0.575. The van der Waals surface area contributed by atoms with Crippen LogP contribution in [0.25, 0.3) is 11.3 Å². The van der Waals surface area contributed by atoms with E-state index in [0.29, 0.717) is 11.5 Å². The molecule has 0 atom stereocenters. The van der Waals surface area contributed by atoms with Crippen molar-refractivity contribution in [3.8, 4) is 22.8 Å². The van der Waals surface area contributed by atoms with E-state index in [2.05, 4.69) is 5.32 Å². The van der Waals surface area contributed by atoms with E-state index in [4.69, 9.17) is 13.9 Å². The Morgan fingerprint density at radius 1 is 1.03 bits per heavy atom. The first-order valence-electron chi connectivity index (χ1n) is 8.69. The fourth-order valence-corrected chi connectivity index (χ4v) is 2.56. The summed E-state index contributed by atoms with van der Waals surface area (Å²) in [5, 5.41) is 2.63. The fourth-order valence-electron chi connectivity index (χ4n) is 2.56. The number of hydrogen-bond acceptors (Lipinski definition) is 4. The topological polar surface area (TPSA) is 60.7 Å². The van der Waals surface area contributed by atoms with Gasteiger partial charge in [0.05, 0.1) is 19.2 Å². The molecule has 0 unspecified atom stereocenters. The van der Waals surface area contributed by atoms with E-state index in [-0.39, 0.29) is 30.2 Å². The first-order valence-corrected chi connectivity index (χ1v) is 8.69. The van der Waals surface area contributed by atoms with Gasteiger partial charge >= 0.3 is 6.18 Å². The van der Waals surface area contributed by atoms with E-state index in [1.807, 2.05) is 0 Å². The number of halogens is 3. The Balaban J connectivity index is 1.54. The number of furan rings is 1. The summed E-state index contributed by atoms with van der Waals surface area (Å²) in [6.07, 6.45) is -4.45. The second kappa shape index (κ2) is 8.72. The minimum absolute atomic E-state index is 0.00172. The van der Waals surface area contributed by atoms with Gasteiger partial charge in [0.2, 0.25) is 0 Å². The number of alkyl halides is 3. The van der Waals surface area contributed by atoms with Crippen molar-refractivity contribution in [2.24, 2.45) is 0 Å². The number of ether oxygens (including phenoxy) is 2. The number of carbonyl (C=O) groups is 1. The molecule has 2 aromatic carbocycles. The van der Waals surface area contributed by atoms with Crippen LogP contribution in [0.15, 0.2) is 65.1 Å². The molecule has 1 amide bonds. The molecule has 3 rings (SSSR count). The predicted molar refractivity (Wildman–Crippen MR) is 100.0 cm³/mol. The molecule has 152 valence electrons. The van der Waals surface area contributed by atoms with Crippen molar-refractivity contribution in [1.82, 2.24) is 5.32 Å². The lowest BCUT2D eigenvalue weighted by atomic mass is 10.1. The minimum atomic E-state index is -4.45. The zero-order chi connectivity index (χ0) is 20.9. The van der Waals surface area contributed by atoms with Crippen LogP contribution >= 0.6 is 0 Å². The van der Waals surface area contributed by atoms with Crippen molar-refractivity contribution in [3.63, 3.8) is 0 Å². The maximum Gasteiger partial charge on any atom is 0.416 e. The third kappa shape index (κ3) is 5.31. The predicted octanol–water partition coefficient (Wildman–Crippen LogP) is 4.78. The Kier molecular flexibility index (Phi) is 6.11. The summed E-state index contributed by atoms with van der Waals surface area (Å²) in [7, 11) is 1.57. The van der Waals surface area contributed by atoms with Crippen LogP contribution in [-0.4, -0.2) is 26.2 Å². The molecule has 1 aromatic heterocycles. The van der Waals surface area contributed by atoms with Crippen molar-refractivity contribution in [2.75, 3.05) is 20.3 Å². The molecule has 0 aliphatic heterocycles. The number of amides is 1. The van der Waals surface area contributed by atoms with Gasteiger partial charge in [0.1, 0.15) is 23.9 Å². The van der Waals surface area contributed by atoms with E-state index in [1.54, 1.807) is 31.4 Å². The Bertz CT molecular complexity index is 965. The van der Waals surface area contributed by atoms with E-state index in [9.17, 15) is 18.0 Å². The average Bonchev–Trinajstić information content (AvgIpc) is 3.21. The number of methoxy groups -OCH3 is 1. The van der Waals surface area contributed by atoms with Crippen LogP contribution in [0.4, 0.5) is 13.2 Å². The van der Waals surface area contributed by atoms with E-state index in [1.165, 1.54) is 24.3 Å². The van der Waals surface area contributed by atoms with Gasteiger partial charge in [-0.15, -0.1) is 0 Å². The Hall–Kier alpha value is -3.42. The molecular weight excluding hydrogens is 387 g/mol. The number of carbonyl (C=O) groups excluding carboxylic acids is 1. The van der Waals surface area contributed by atoms with Gasteiger partial charge < -0.3 is 19.2 Å². The Labute approximate surface area is 165 Å². The largest absolute Gasteiger partial charge is 0.497 e. The number of nitrogens with one attached hydrogen (secondary N) is 1. The standard InChI is InChI=1S/C21H18F3NO4/c1-27-16-5-7-17(8-6-16)28-12-11-25-20(26)19-10-9-18(29-19)14-3-2-4-15(13-14)21(22,23)24/h2-10,13H,11-12H2,1H3,(H,25,26). The van der Waals surface area contributed by atoms with Crippen LogP contribution in [0.3, 0.4) is 0 Å². The molecule has 1 heterocycles. The third-order valence-corrected chi connectivity index (χ3v) is 4.02. The number of benzene rings is 2. The second-order valence-corrected chi connectivity index (χ2v) is 6.02. The molecule has 3 aromatic rings. The van der Waals surface area contributed by atoms with Gasteiger partial charge in [0.15, 0.2) is 5.76 Å². The normalized spacial score (nSPS) is 11.2. The van der Waals surface area contributed by atoms with Crippen LogP contribution in [0, 0.1) is 0 Å². The SMILES string of the molecule is COc1ccc(OCCNC(=O)c2ccc(-c3cccc(C(F)(F)F)c3)o2)cc1. The van der Waals surface area contributed by atoms with Crippen LogP contribution in [0.1, 0.15) is 16.1 Å². The molecule has 0 spiro atoms. The van der Waals surface area contributed by atoms with Crippen LogP contribution in [-0.2, 0) is 6.18 Å². The molecule has 0 saturated carbocycles. The fraction of sp³-hybridized carbons (Fsp3) is 0.190. The van der Waals surface area contributed by atoms with Gasteiger partial charge in [-0.2, -0.15) is 13.2 Å². The van der Waals surface area contributed by atoms with Gasteiger partial charge in [-0.05, 0) is 48.5 Å². The lowest BCUT2D eigenvalue weighted by Gasteiger charge is -2.08. The van der Waals surface area contributed by atoms with Gasteiger partial charge in [-0.3, -0.25) is 4.79 Å². The third-order valence-electron chi connectivity index (χ3n) is 4.02. The zero-order valence-corrected chi connectivity index (χ0v) is 15.5. The molecule has 29 heavy (non-hydrogen) atoms. The highest BCUT2D eigenvalue weighted by Gasteiger charge is 2.30. The van der Waals surface area contributed by atoms with Crippen molar-refractivity contribution >= 4 is 5.91 Å². The van der Waals surface area contributed by atoms with Crippen molar-refractivity contribution < 1.29 is 31.9 Å². The summed E-state index contributed by atoms with van der Waals surface area (Å²) in [6, 6.07) is 14.6. The average molecular weight is 405 g/mol. The highest BCUT2D eigenvalue weighted by Crippen LogP contribution is 2.32. The van der Waals surface area contributed by atoms with Crippen molar-refractivity contribution in [3.05, 3.63) is 72.0 Å². The lowest BCUT2D eigenvalue weighted by Crippen LogP contribution is -2.27. The van der Waals surface area contributed by atoms with Gasteiger partial charge in [0, 0.05) is 5.56 Å². The molecular formula is C21H18F3NO4. The smallest absolute Gasteiger partial charge is 0.416 e. The van der Waals surface area contributed by atoms with E-state index >= 15 is 0 Å². The number of rotatable bonds is 7. The highest BCUT2D eigenvalue weighted by molar-refractivity contribution is 5.92. The summed E-state index contributed by atoms with van der Waals surface area (Å²) in [6.45, 7) is 0.462. The maximum absolute atomic E-state index is 12.8. The molecule has 0 bridgehead atoms. The highest BCUT2D eigenvalue weighted by atomic mass is 19.4.